The molecular weight excluding hydrogens is 363 g/mol. The van der Waals surface area contributed by atoms with Crippen LogP contribution in [0.25, 0.3) is 21.9 Å². The Hall–Kier alpha value is -3.41. The van der Waals surface area contributed by atoms with Gasteiger partial charge in [-0.3, -0.25) is 4.98 Å². The summed E-state index contributed by atoms with van der Waals surface area (Å²) in [5, 5.41) is 5.35. The van der Waals surface area contributed by atoms with Gasteiger partial charge >= 0.3 is 6.18 Å². The van der Waals surface area contributed by atoms with Gasteiger partial charge < -0.3 is 5.32 Å². The number of fused-ring (bicyclic) bond motifs is 1. The molecule has 0 aliphatic rings. The molecule has 0 fully saturated rings. The summed E-state index contributed by atoms with van der Waals surface area (Å²) in [5.41, 5.74) is 2.48. The first-order valence-electron chi connectivity index (χ1n) is 8.67. The third-order valence-corrected chi connectivity index (χ3v) is 4.59. The number of aryl methyl sites for hydroxylation is 1. The number of aromatic nitrogens is 2. The van der Waals surface area contributed by atoms with Crippen molar-refractivity contribution in [2.24, 2.45) is 0 Å². The molecule has 0 saturated carbocycles. The number of hydrogen-bond acceptors (Lipinski definition) is 3. The van der Waals surface area contributed by atoms with Crippen LogP contribution >= 0.6 is 0 Å². The number of alkyl halides is 3. The van der Waals surface area contributed by atoms with E-state index in [-0.39, 0.29) is 0 Å². The third kappa shape index (κ3) is 3.41. The van der Waals surface area contributed by atoms with Gasteiger partial charge in [0.1, 0.15) is 5.82 Å². The van der Waals surface area contributed by atoms with E-state index in [2.05, 4.69) is 15.3 Å². The summed E-state index contributed by atoms with van der Waals surface area (Å²) in [7, 11) is 0. The van der Waals surface area contributed by atoms with Crippen LogP contribution in [0.4, 0.5) is 24.7 Å². The van der Waals surface area contributed by atoms with Crippen molar-refractivity contribution in [1.29, 1.82) is 0 Å². The summed E-state index contributed by atoms with van der Waals surface area (Å²) in [6.07, 6.45) is -0.963. The maximum atomic E-state index is 12.8. The molecule has 0 unspecified atom stereocenters. The normalized spacial score (nSPS) is 11.6. The molecule has 2 aromatic carbocycles. The summed E-state index contributed by atoms with van der Waals surface area (Å²) in [4.78, 5) is 8.72. The fourth-order valence-corrected chi connectivity index (χ4v) is 3.17. The van der Waals surface area contributed by atoms with Crippen molar-refractivity contribution in [3.8, 4) is 11.1 Å². The molecule has 6 heteroatoms. The van der Waals surface area contributed by atoms with E-state index in [1.807, 2.05) is 37.3 Å². The van der Waals surface area contributed by atoms with E-state index in [9.17, 15) is 13.2 Å². The monoisotopic (exact) mass is 379 g/mol. The Bertz CT molecular complexity index is 1140. The number of pyridine rings is 2. The largest absolute Gasteiger partial charge is 0.416 e. The average Bonchev–Trinajstić information content (AvgIpc) is 2.69. The van der Waals surface area contributed by atoms with Crippen LogP contribution in [0.3, 0.4) is 0 Å². The lowest BCUT2D eigenvalue weighted by atomic mass is 10.0. The Balaban J connectivity index is 1.75. The minimum Gasteiger partial charge on any atom is -0.339 e. The maximum Gasteiger partial charge on any atom is 0.416 e. The van der Waals surface area contributed by atoms with Crippen LogP contribution in [0.15, 0.2) is 73.1 Å². The van der Waals surface area contributed by atoms with Crippen LogP contribution in [-0.4, -0.2) is 9.97 Å². The van der Waals surface area contributed by atoms with Gasteiger partial charge in [-0.15, -0.1) is 0 Å². The molecule has 3 nitrogen and oxygen atoms in total. The second-order valence-electron chi connectivity index (χ2n) is 6.40. The zero-order valence-electron chi connectivity index (χ0n) is 15.0. The quantitative estimate of drug-likeness (QED) is 0.450. The summed E-state index contributed by atoms with van der Waals surface area (Å²) in [5.74, 6) is 0.573. The van der Waals surface area contributed by atoms with Crippen LogP contribution < -0.4 is 5.32 Å². The Morgan fingerprint density at radius 1 is 0.786 bits per heavy atom. The minimum atomic E-state index is -4.36. The van der Waals surface area contributed by atoms with Gasteiger partial charge in [0.2, 0.25) is 0 Å². The van der Waals surface area contributed by atoms with Gasteiger partial charge in [0.25, 0.3) is 0 Å². The first-order chi connectivity index (χ1) is 13.4. The molecule has 0 amide bonds. The zero-order chi connectivity index (χ0) is 19.7. The highest BCUT2D eigenvalue weighted by molar-refractivity contribution is 5.97. The molecule has 0 aliphatic heterocycles. The first kappa shape index (κ1) is 18.0. The van der Waals surface area contributed by atoms with E-state index >= 15 is 0 Å². The molecule has 0 radical (unpaired) electrons. The van der Waals surface area contributed by atoms with Crippen LogP contribution in [0.2, 0.25) is 0 Å². The van der Waals surface area contributed by atoms with Gasteiger partial charge in [-0.2, -0.15) is 13.2 Å². The number of hydrogen-bond donors (Lipinski definition) is 1. The topological polar surface area (TPSA) is 37.8 Å². The summed E-state index contributed by atoms with van der Waals surface area (Å²) >= 11 is 0. The highest BCUT2D eigenvalue weighted by Crippen LogP contribution is 2.34. The molecule has 0 saturated heterocycles. The van der Waals surface area contributed by atoms with Crippen molar-refractivity contribution < 1.29 is 13.2 Å². The van der Waals surface area contributed by atoms with Gasteiger partial charge in [-0.25, -0.2) is 4.98 Å². The molecule has 0 bridgehead atoms. The summed E-state index contributed by atoms with van der Waals surface area (Å²) < 4.78 is 38.5. The molecule has 4 aromatic rings. The molecule has 28 heavy (non-hydrogen) atoms. The average molecular weight is 379 g/mol. The molecule has 0 aliphatic carbocycles. The van der Waals surface area contributed by atoms with Crippen molar-refractivity contribution in [2.75, 3.05) is 5.32 Å². The SMILES string of the molecule is Cc1nccc2c(Nc3ncccc3-c3ccc(C(F)(F)F)cc3)cccc12. The van der Waals surface area contributed by atoms with Gasteiger partial charge in [-0.05, 0) is 48.9 Å². The number of nitrogens with zero attached hydrogens (tertiary/aromatic N) is 2. The van der Waals surface area contributed by atoms with Crippen LogP contribution in [0.5, 0.6) is 0 Å². The van der Waals surface area contributed by atoms with E-state index in [0.717, 1.165) is 39.8 Å². The fraction of sp³-hybridized carbons (Fsp3) is 0.0909. The van der Waals surface area contributed by atoms with Crippen molar-refractivity contribution in [2.45, 2.75) is 13.1 Å². The van der Waals surface area contributed by atoms with Crippen molar-refractivity contribution >= 4 is 22.3 Å². The Morgan fingerprint density at radius 3 is 2.32 bits per heavy atom. The predicted octanol–water partition coefficient (Wildman–Crippen LogP) is 6.37. The molecule has 1 N–H and O–H groups in total. The molecule has 2 heterocycles. The van der Waals surface area contributed by atoms with E-state index in [1.54, 1.807) is 18.5 Å². The lowest BCUT2D eigenvalue weighted by molar-refractivity contribution is -0.137. The predicted molar refractivity (Wildman–Crippen MR) is 104 cm³/mol. The lowest BCUT2D eigenvalue weighted by Crippen LogP contribution is -2.04. The number of nitrogens with one attached hydrogen (secondary N) is 1. The first-order valence-corrected chi connectivity index (χ1v) is 8.67. The molecule has 4 rings (SSSR count). The van der Waals surface area contributed by atoms with Crippen molar-refractivity contribution in [1.82, 2.24) is 9.97 Å². The Labute approximate surface area is 159 Å². The zero-order valence-corrected chi connectivity index (χ0v) is 15.0. The molecule has 2 aromatic heterocycles. The van der Waals surface area contributed by atoms with Crippen molar-refractivity contribution in [3.63, 3.8) is 0 Å². The van der Waals surface area contributed by atoms with E-state index < -0.39 is 11.7 Å². The van der Waals surface area contributed by atoms with E-state index in [1.165, 1.54) is 12.1 Å². The third-order valence-electron chi connectivity index (χ3n) is 4.59. The summed E-state index contributed by atoms with van der Waals surface area (Å²) in [6, 6.07) is 16.5. The summed E-state index contributed by atoms with van der Waals surface area (Å²) in [6.45, 7) is 1.94. The number of rotatable bonds is 3. The number of halogens is 3. The number of benzene rings is 2. The fourth-order valence-electron chi connectivity index (χ4n) is 3.17. The molecule has 140 valence electrons. The Kier molecular flexibility index (Phi) is 4.47. The lowest BCUT2D eigenvalue weighted by Gasteiger charge is -2.14. The molecular formula is C22H16F3N3. The van der Waals surface area contributed by atoms with Gasteiger partial charge in [0.05, 0.1) is 5.56 Å². The Morgan fingerprint density at radius 2 is 1.57 bits per heavy atom. The maximum absolute atomic E-state index is 12.8. The van der Waals surface area contributed by atoms with Crippen LogP contribution in [-0.2, 0) is 6.18 Å². The van der Waals surface area contributed by atoms with E-state index in [0.29, 0.717) is 11.4 Å². The van der Waals surface area contributed by atoms with Gasteiger partial charge in [-0.1, -0.05) is 24.3 Å². The van der Waals surface area contributed by atoms with E-state index in [4.69, 9.17) is 0 Å². The molecule has 0 atom stereocenters. The minimum absolute atomic E-state index is 0.573. The van der Waals surface area contributed by atoms with Crippen LogP contribution in [0, 0.1) is 6.92 Å². The van der Waals surface area contributed by atoms with Crippen LogP contribution in [0.1, 0.15) is 11.3 Å². The van der Waals surface area contributed by atoms with Gasteiger partial charge in [0.15, 0.2) is 0 Å². The standard InChI is InChI=1S/C22H16F3N3/c1-14-17-4-2-6-20(19(17)11-13-26-14)28-21-18(5-3-12-27-21)15-7-9-16(10-8-15)22(23,24)25/h2-13H,1H3,(H,27,28). The van der Waals surface area contributed by atoms with Gasteiger partial charge in [0, 0.05) is 40.1 Å². The smallest absolute Gasteiger partial charge is 0.339 e. The van der Waals surface area contributed by atoms with Crippen molar-refractivity contribution in [3.05, 3.63) is 84.3 Å². The highest BCUT2D eigenvalue weighted by Gasteiger charge is 2.30. The second-order valence-corrected chi connectivity index (χ2v) is 6.40. The second kappa shape index (κ2) is 6.96. The number of anilines is 2. The highest BCUT2D eigenvalue weighted by atomic mass is 19.4. The molecule has 0 spiro atoms.